The maximum atomic E-state index is 13.1. The summed E-state index contributed by atoms with van der Waals surface area (Å²) in [5, 5.41) is 9.68. The zero-order chi connectivity index (χ0) is 11.6. The van der Waals surface area contributed by atoms with E-state index < -0.39 is 17.6 Å². The number of hydrogen-bond acceptors (Lipinski definition) is 2. The van der Waals surface area contributed by atoms with Crippen LogP contribution in [0.5, 0.6) is 5.75 Å². The Morgan fingerprint density at radius 3 is 2.80 bits per heavy atom. The van der Waals surface area contributed by atoms with E-state index in [-0.39, 0.29) is 5.02 Å². The Labute approximate surface area is 93.2 Å². The van der Waals surface area contributed by atoms with Gasteiger partial charge in [-0.1, -0.05) is 17.2 Å². The SMILES string of the molecule is C=C(C)C[C@H](N)c1cc(Cl)cc(F)c1O. The van der Waals surface area contributed by atoms with Gasteiger partial charge in [-0.05, 0) is 25.5 Å². The molecule has 0 aromatic heterocycles. The first kappa shape index (κ1) is 12.0. The summed E-state index contributed by atoms with van der Waals surface area (Å²) in [4.78, 5) is 0. The number of nitrogens with two attached hydrogens (primary N) is 1. The van der Waals surface area contributed by atoms with Gasteiger partial charge in [-0.2, -0.15) is 0 Å². The summed E-state index contributed by atoms with van der Waals surface area (Å²) in [6, 6.07) is 2.03. The van der Waals surface area contributed by atoms with Crippen molar-refractivity contribution in [2.45, 2.75) is 19.4 Å². The Kier molecular flexibility index (Phi) is 3.72. The van der Waals surface area contributed by atoms with E-state index >= 15 is 0 Å². The molecule has 0 saturated heterocycles. The molecule has 0 unspecified atom stereocenters. The van der Waals surface area contributed by atoms with Crippen LogP contribution in [0.1, 0.15) is 24.9 Å². The Balaban J connectivity index is 3.07. The first-order valence-corrected chi connectivity index (χ1v) is 4.87. The van der Waals surface area contributed by atoms with Crippen molar-refractivity contribution in [2.75, 3.05) is 0 Å². The average molecular weight is 230 g/mol. The lowest BCUT2D eigenvalue weighted by Crippen LogP contribution is -2.11. The second-order valence-electron chi connectivity index (χ2n) is 3.59. The number of hydrogen-bond donors (Lipinski definition) is 2. The van der Waals surface area contributed by atoms with E-state index in [1.165, 1.54) is 6.07 Å². The molecule has 0 heterocycles. The number of benzene rings is 1. The molecule has 0 radical (unpaired) electrons. The molecule has 1 rings (SSSR count). The molecule has 0 spiro atoms. The van der Waals surface area contributed by atoms with Gasteiger partial charge in [-0.25, -0.2) is 4.39 Å². The number of halogens is 2. The summed E-state index contributed by atoms with van der Waals surface area (Å²) in [7, 11) is 0. The van der Waals surface area contributed by atoms with Crippen LogP contribution in [-0.2, 0) is 0 Å². The van der Waals surface area contributed by atoms with Gasteiger partial charge < -0.3 is 10.8 Å². The summed E-state index contributed by atoms with van der Waals surface area (Å²) in [6.07, 6.45) is 0.480. The van der Waals surface area contributed by atoms with E-state index in [2.05, 4.69) is 6.58 Å². The smallest absolute Gasteiger partial charge is 0.166 e. The van der Waals surface area contributed by atoms with Gasteiger partial charge in [0, 0.05) is 16.6 Å². The molecule has 0 fully saturated rings. The third-order valence-corrected chi connectivity index (χ3v) is 2.24. The van der Waals surface area contributed by atoms with Crippen LogP contribution in [0, 0.1) is 5.82 Å². The number of rotatable bonds is 3. The number of phenols is 1. The normalized spacial score (nSPS) is 12.5. The van der Waals surface area contributed by atoms with Crippen LogP contribution < -0.4 is 5.73 Å². The van der Waals surface area contributed by atoms with Crippen LogP contribution in [0.4, 0.5) is 4.39 Å². The Hall–Kier alpha value is -1.06. The molecule has 1 aromatic rings. The van der Waals surface area contributed by atoms with Crippen LogP contribution >= 0.6 is 11.6 Å². The Bertz CT molecular complexity index is 392. The van der Waals surface area contributed by atoms with E-state index in [9.17, 15) is 9.50 Å². The maximum Gasteiger partial charge on any atom is 0.166 e. The van der Waals surface area contributed by atoms with Gasteiger partial charge in [-0.15, -0.1) is 6.58 Å². The summed E-state index contributed by atoms with van der Waals surface area (Å²) >= 11 is 5.67. The molecular weight excluding hydrogens is 217 g/mol. The highest BCUT2D eigenvalue weighted by Gasteiger charge is 2.15. The van der Waals surface area contributed by atoms with Gasteiger partial charge in [0.1, 0.15) is 0 Å². The summed E-state index contributed by atoms with van der Waals surface area (Å²) in [6.45, 7) is 5.52. The molecular formula is C11H13ClFNO. The average Bonchev–Trinajstić information content (AvgIpc) is 2.09. The lowest BCUT2D eigenvalue weighted by atomic mass is 10.0. The van der Waals surface area contributed by atoms with Crippen molar-refractivity contribution in [3.05, 3.63) is 40.7 Å². The molecule has 0 aliphatic heterocycles. The maximum absolute atomic E-state index is 13.1. The number of phenolic OH excluding ortho intramolecular Hbond substituents is 1. The van der Waals surface area contributed by atoms with E-state index in [4.69, 9.17) is 17.3 Å². The molecule has 82 valence electrons. The minimum atomic E-state index is -0.755. The van der Waals surface area contributed by atoms with Gasteiger partial charge in [0.15, 0.2) is 11.6 Å². The highest BCUT2D eigenvalue weighted by Crippen LogP contribution is 2.31. The quantitative estimate of drug-likeness (QED) is 0.783. The molecule has 0 aliphatic rings. The molecule has 0 amide bonds. The van der Waals surface area contributed by atoms with Crippen molar-refractivity contribution in [3.63, 3.8) is 0 Å². The predicted molar refractivity (Wildman–Crippen MR) is 59.4 cm³/mol. The zero-order valence-electron chi connectivity index (χ0n) is 8.43. The van der Waals surface area contributed by atoms with Crippen LogP contribution in [0.15, 0.2) is 24.3 Å². The minimum absolute atomic E-state index is 0.220. The molecule has 0 aliphatic carbocycles. The van der Waals surface area contributed by atoms with Gasteiger partial charge >= 0.3 is 0 Å². The van der Waals surface area contributed by atoms with Crippen molar-refractivity contribution in [2.24, 2.45) is 5.73 Å². The minimum Gasteiger partial charge on any atom is -0.505 e. The highest BCUT2D eigenvalue weighted by molar-refractivity contribution is 6.30. The molecule has 2 nitrogen and oxygen atoms in total. The van der Waals surface area contributed by atoms with Crippen molar-refractivity contribution in [1.29, 1.82) is 0 Å². The molecule has 15 heavy (non-hydrogen) atoms. The summed E-state index contributed by atoms with van der Waals surface area (Å²) in [5.41, 5.74) is 6.96. The zero-order valence-corrected chi connectivity index (χ0v) is 9.18. The molecule has 4 heteroatoms. The molecule has 0 bridgehead atoms. The monoisotopic (exact) mass is 229 g/mol. The van der Waals surface area contributed by atoms with Gasteiger partial charge in [0.05, 0.1) is 0 Å². The van der Waals surface area contributed by atoms with Crippen LogP contribution in [0.2, 0.25) is 5.02 Å². The van der Waals surface area contributed by atoms with E-state index in [0.29, 0.717) is 12.0 Å². The van der Waals surface area contributed by atoms with Gasteiger partial charge in [0.25, 0.3) is 0 Å². The predicted octanol–water partition coefficient (Wildman–Crippen LogP) is 3.15. The number of aromatic hydroxyl groups is 1. The fraction of sp³-hybridized carbons (Fsp3) is 0.273. The summed E-state index contributed by atoms with van der Waals surface area (Å²) in [5.74, 6) is -1.19. The second kappa shape index (κ2) is 4.64. The van der Waals surface area contributed by atoms with Gasteiger partial charge in [0.2, 0.25) is 0 Å². The first-order chi connectivity index (χ1) is 6.91. The fourth-order valence-electron chi connectivity index (χ4n) is 1.35. The molecule has 1 atom stereocenters. The van der Waals surface area contributed by atoms with Crippen molar-refractivity contribution >= 4 is 11.6 Å². The van der Waals surface area contributed by atoms with E-state index in [1.54, 1.807) is 0 Å². The van der Waals surface area contributed by atoms with Crippen molar-refractivity contribution in [1.82, 2.24) is 0 Å². The Morgan fingerprint density at radius 1 is 1.67 bits per heavy atom. The highest BCUT2D eigenvalue weighted by atomic mass is 35.5. The largest absolute Gasteiger partial charge is 0.505 e. The fourth-order valence-corrected chi connectivity index (χ4v) is 1.57. The third kappa shape index (κ3) is 2.94. The third-order valence-electron chi connectivity index (χ3n) is 2.03. The standard InChI is InChI=1S/C11H13ClFNO/c1-6(2)3-10(14)8-4-7(12)5-9(13)11(8)15/h4-5,10,15H,1,3,14H2,2H3/t10-/m0/s1. The van der Waals surface area contributed by atoms with Crippen LogP contribution in [-0.4, -0.2) is 5.11 Å². The molecule has 1 aromatic carbocycles. The molecule has 3 N–H and O–H groups in total. The lowest BCUT2D eigenvalue weighted by Gasteiger charge is -2.14. The van der Waals surface area contributed by atoms with Crippen molar-refractivity contribution in [3.8, 4) is 5.75 Å². The topological polar surface area (TPSA) is 46.2 Å². The summed E-state index contributed by atoms with van der Waals surface area (Å²) < 4.78 is 13.1. The van der Waals surface area contributed by atoms with Crippen LogP contribution in [0.3, 0.4) is 0 Å². The van der Waals surface area contributed by atoms with Crippen molar-refractivity contribution < 1.29 is 9.50 Å². The Morgan fingerprint density at radius 2 is 2.27 bits per heavy atom. The van der Waals surface area contributed by atoms with Gasteiger partial charge in [-0.3, -0.25) is 0 Å². The second-order valence-corrected chi connectivity index (χ2v) is 4.03. The van der Waals surface area contributed by atoms with E-state index in [0.717, 1.165) is 11.6 Å². The lowest BCUT2D eigenvalue weighted by molar-refractivity contribution is 0.420. The molecule has 0 saturated carbocycles. The van der Waals surface area contributed by atoms with E-state index in [1.807, 2.05) is 6.92 Å². The van der Waals surface area contributed by atoms with Crippen LogP contribution in [0.25, 0.3) is 0 Å². The first-order valence-electron chi connectivity index (χ1n) is 4.49.